The van der Waals surface area contributed by atoms with Gasteiger partial charge in [0.1, 0.15) is 5.75 Å². The van der Waals surface area contributed by atoms with Gasteiger partial charge in [-0.15, -0.1) is 0 Å². The van der Waals surface area contributed by atoms with Gasteiger partial charge in [0.25, 0.3) is 0 Å². The number of esters is 1. The number of hydrogen-bond acceptors (Lipinski definition) is 5. The molecule has 0 aliphatic rings. The minimum Gasteiger partial charge on any atom is -0.463 e. The number of rotatable bonds is 5. The zero-order valence-corrected chi connectivity index (χ0v) is 11.6. The van der Waals surface area contributed by atoms with Crippen molar-refractivity contribution < 1.29 is 35.3 Å². The summed E-state index contributed by atoms with van der Waals surface area (Å²) in [6.45, 7) is 1.71. The Morgan fingerprint density at radius 2 is 1.90 bits per heavy atom. The van der Waals surface area contributed by atoms with Crippen molar-refractivity contribution in [2.75, 3.05) is 6.61 Å². The molecule has 0 spiro atoms. The molecule has 0 aliphatic carbocycles. The number of hydrogen-bond donors (Lipinski definition) is 0. The number of benzene rings is 1. The van der Waals surface area contributed by atoms with E-state index >= 15 is 0 Å². The monoisotopic (exact) mass is 324 g/mol. The summed E-state index contributed by atoms with van der Waals surface area (Å²) in [6.07, 6.45) is 2.05. The van der Waals surface area contributed by atoms with E-state index in [-0.39, 0.29) is 12.2 Å². The van der Waals surface area contributed by atoms with Crippen LogP contribution in [0.4, 0.5) is 13.2 Å². The zero-order chi connectivity index (χ0) is 16.1. The maximum atomic E-state index is 12.3. The van der Waals surface area contributed by atoms with Crippen LogP contribution in [0.5, 0.6) is 5.75 Å². The number of para-hydroxylation sites is 1. The largest absolute Gasteiger partial charge is 0.534 e. The van der Waals surface area contributed by atoms with Gasteiger partial charge < -0.3 is 8.92 Å². The molecule has 21 heavy (non-hydrogen) atoms. The van der Waals surface area contributed by atoms with Gasteiger partial charge in [-0.3, -0.25) is 0 Å². The molecule has 1 aromatic carbocycles. The van der Waals surface area contributed by atoms with Gasteiger partial charge in [0.05, 0.1) is 6.61 Å². The summed E-state index contributed by atoms with van der Waals surface area (Å²) in [5.74, 6) is -1.26. The van der Waals surface area contributed by atoms with Crippen molar-refractivity contribution in [2.45, 2.75) is 12.4 Å². The standard InChI is InChI=1S/C12H11F3O5S/c1-2-19-11(16)8-7-9-5-3-4-6-10(9)20-21(17,18)12(13,14)15/h3-8H,2H2,1H3. The van der Waals surface area contributed by atoms with Gasteiger partial charge in [-0.25, -0.2) is 4.79 Å². The maximum Gasteiger partial charge on any atom is 0.534 e. The summed E-state index contributed by atoms with van der Waals surface area (Å²) in [5.41, 5.74) is -5.55. The van der Waals surface area contributed by atoms with Crippen molar-refractivity contribution in [3.8, 4) is 5.75 Å². The third-order valence-electron chi connectivity index (χ3n) is 2.09. The predicted octanol–water partition coefficient (Wildman–Crippen LogP) is 2.49. The van der Waals surface area contributed by atoms with Gasteiger partial charge in [-0.2, -0.15) is 21.6 Å². The van der Waals surface area contributed by atoms with Crippen LogP contribution in [-0.4, -0.2) is 26.5 Å². The Hall–Kier alpha value is -2.03. The van der Waals surface area contributed by atoms with E-state index in [0.717, 1.165) is 18.2 Å². The Morgan fingerprint density at radius 3 is 2.48 bits per heavy atom. The molecule has 0 heterocycles. The topological polar surface area (TPSA) is 69.7 Å². The second kappa shape index (κ2) is 6.61. The van der Waals surface area contributed by atoms with E-state index < -0.39 is 27.3 Å². The third kappa shape index (κ3) is 4.78. The van der Waals surface area contributed by atoms with Gasteiger partial charge in [-0.1, -0.05) is 18.2 Å². The number of alkyl halides is 3. The van der Waals surface area contributed by atoms with E-state index in [2.05, 4.69) is 8.92 Å². The minimum absolute atomic E-state index is 0.0154. The van der Waals surface area contributed by atoms with Crippen LogP contribution in [0.1, 0.15) is 12.5 Å². The lowest BCUT2D eigenvalue weighted by Crippen LogP contribution is -2.28. The normalized spacial score (nSPS) is 12.4. The highest BCUT2D eigenvalue weighted by atomic mass is 32.2. The van der Waals surface area contributed by atoms with Crippen LogP contribution in [0.3, 0.4) is 0 Å². The van der Waals surface area contributed by atoms with Crippen LogP contribution in [0.15, 0.2) is 30.3 Å². The van der Waals surface area contributed by atoms with Crippen molar-refractivity contribution in [1.82, 2.24) is 0 Å². The lowest BCUT2D eigenvalue weighted by molar-refractivity contribution is -0.137. The molecule has 0 atom stereocenters. The lowest BCUT2D eigenvalue weighted by atomic mass is 10.2. The van der Waals surface area contributed by atoms with Crippen molar-refractivity contribution in [1.29, 1.82) is 0 Å². The molecule has 0 unspecified atom stereocenters. The molecule has 0 aliphatic heterocycles. The maximum absolute atomic E-state index is 12.3. The smallest absolute Gasteiger partial charge is 0.463 e. The first-order valence-corrected chi connectivity index (χ1v) is 7.03. The van der Waals surface area contributed by atoms with Crippen LogP contribution in [0.25, 0.3) is 6.08 Å². The molecular weight excluding hydrogens is 313 g/mol. The number of carbonyl (C=O) groups is 1. The van der Waals surface area contributed by atoms with Crippen molar-refractivity contribution in [2.24, 2.45) is 0 Å². The summed E-state index contributed by atoms with van der Waals surface area (Å²) in [6, 6.07) is 5.06. The summed E-state index contributed by atoms with van der Waals surface area (Å²) in [7, 11) is -5.77. The molecule has 116 valence electrons. The molecule has 9 heteroatoms. The molecule has 0 bridgehead atoms. The highest BCUT2D eigenvalue weighted by Crippen LogP contribution is 2.29. The molecule has 0 fully saturated rings. The van der Waals surface area contributed by atoms with Crippen molar-refractivity contribution in [3.05, 3.63) is 35.9 Å². The first-order chi connectivity index (χ1) is 9.67. The fourth-order valence-electron chi connectivity index (χ4n) is 1.21. The first kappa shape index (κ1) is 17.0. The van der Waals surface area contributed by atoms with E-state index in [9.17, 15) is 26.4 Å². The summed E-state index contributed by atoms with van der Waals surface area (Å²) in [5, 5.41) is 0. The van der Waals surface area contributed by atoms with Crippen LogP contribution in [0, 0.1) is 0 Å². The van der Waals surface area contributed by atoms with E-state index in [4.69, 9.17) is 0 Å². The molecule has 1 rings (SSSR count). The number of carbonyl (C=O) groups excluding carboxylic acids is 1. The van der Waals surface area contributed by atoms with Gasteiger partial charge in [0.15, 0.2) is 0 Å². The summed E-state index contributed by atoms with van der Waals surface area (Å²) >= 11 is 0. The van der Waals surface area contributed by atoms with Gasteiger partial charge in [0, 0.05) is 11.6 Å². The van der Waals surface area contributed by atoms with E-state index in [1.165, 1.54) is 18.2 Å². The molecule has 5 nitrogen and oxygen atoms in total. The second-order valence-corrected chi connectivity index (χ2v) is 5.14. The molecule has 1 aromatic rings. The molecule has 0 N–H and O–H groups in total. The van der Waals surface area contributed by atoms with E-state index in [1.807, 2.05) is 0 Å². The van der Waals surface area contributed by atoms with E-state index in [0.29, 0.717) is 0 Å². The quantitative estimate of drug-likeness (QED) is 0.360. The first-order valence-electron chi connectivity index (χ1n) is 5.62. The summed E-state index contributed by atoms with van der Waals surface area (Å²) < 4.78 is 67.3. The van der Waals surface area contributed by atoms with Crippen molar-refractivity contribution in [3.63, 3.8) is 0 Å². The Kier molecular flexibility index (Phi) is 5.36. The van der Waals surface area contributed by atoms with Crippen LogP contribution in [0.2, 0.25) is 0 Å². The highest BCUT2D eigenvalue weighted by molar-refractivity contribution is 7.88. The van der Waals surface area contributed by atoms with Gasteiger partial charge in [-0.05, 0) is 19.1 Å². The Balaban J connectivity index is 3.04. The van der Waals surface area contributed by atoms with Crippen molar-refractivity contribution >= 4 is 22.2 Å². The lowest BCUT2D eigenvalue weighted by Gasteiger charge is -2.11. The second-order valence-electron chi connectivity index (χ2n) is 3.61. The van der Waals surface area contributed by atoms with Crippen LogP contribution < -0.4 is 4.18 Å². The zero-order valence-electron chi connectivity index (χ0n) is 10.8. The predicted molar refractivity (Wildman–Crippen MR) is 67.7 cm³/mol. The minimum atomic E-state index is -5.77. The molecule has 0 radical (unpaired) electrons. The highest BCUT2D eigenvalue weighted by Gasteiger charge is 2.48. The Bertz CT molecular complexity index is 635. The Labute approximate surface area is 119 Å². The van der Waals surface area contributed by atoms with Crippen LogP contribution >= 0.6 is 0 Å². The SMILES string of the molecule is CCOC(=O)C=Cc1ccccc1OS(=O)(=O)C(F)(F)F. The number of ether oxygens (including phenoxy) is 1. The van der Waals surface area contributed by atoms with Crippen LogP contribution in [-0.2, 0) is 19.6 Å². The molecule has 0 saturated heterocycles. The Morgan fingerprint density at radius 1 is 1.29 bits per heavy atom. The molecular formula is C12H11F3O5S. The molecule has 0 amide bonds. The van der Waals surface area contributed by atoms with Gasteiger partial charge >= 0.3 is 21.6 Å². The fraction of sp³-hybridized carbons (Fsp3) is 0.250. The molecule has 0 aromatic heterocycles. The molecule has 0 saturated carbocycles. The average molecular weight is 324 g/mol. The summed E-state index contributed by atoms with van der Waals surface area (Å²) in [4.78, 5) is 11.1. The third-order valence-corrected chi connectivity index (χ3v) is 3.05. The van der Waals surface area contributed by atoms with Gasteiger partial charge in [0.2, 0.25) is 0 Å². The average Bonchev–Trinajstić information content (AvgIpc) is 2.36. The number of halogens is 3. The fourth-order valence-corrected chi connectivity index (χ4v) is 1.69. The van der Waals surface area contributed by atoms with E-state index in [1.54, 1.807) is 6.92 Å².